The first-order valence-electron chi connectivity index (χ1n) is 24.8. The van der Waals surface area contributed by atoms with E-state index in [4.69, 9.17) is 31.5 Å². The van der Waals surface area contributed by atoms with Gasteiger partial charge in [0.2, 0.25) is 17.7 Å². The number of hydrogen-bond donors (Lipinski definition) is 5. The van der Waals surface area contributed by atoms with Crippen LogP contribution in [0.1, 0.15) is 137 Å². The lowest BCUT2D eigenvalue weighted by molar-refractivity contribution is -0.137. The molecule has 6 N–H and O–H groups in total. The number of nitrogens with two attached hydrogens (primary N) is 1. The summed E-state index contributed by atoms with van der Waals surface area (Å²) in [5.41, 5.74) is 8.90. The van der Waals surface area contributed by atoms with E-state index in [1.54, 1.807) is 54.1 Å². The number of halogens is 1. The number of anilines is 1. The number of amides is 6. The fraction of sp³-hybridized carbons (Fsp3) is 0.558. The summed E-state index contributed by atoms with van der Waals surface area (Å²) in [6.07, 6.45) is 9.57. The molecule has 18 nitrogen and oxygen atoms in total. The third kappa shape index (κ3) is 14.5. The van der Waals surface area contributed by atoms with Crippen LogP contribution in [0.25, 0.3) is 0 Å². The van der Waals surface area contributed by atoms with Crippen LogP contribution in [-0.4, -0.2) is 126 Å². The monoisotopic (exact) mass is 999 g/mol. The summed E-state index contributed by atoms with van der Waals surface area (Å²) in [5, 5.41) is 12.0. The van der Waals surface area contributed by atoms with E-state index in [-0.39, 0.29) is 86.2 Å². The Balaban J connectivity index is 0.974. The van der Waals surface area contributed by atoms with Gasteiger partial charge in [-0.1, -0.05) is 63.1 Å². The molecule has 1 saturated heterocycles. The molecule has 2 aliphatic carbocycles. The predicted molar refractivity (Wildman–Crippen MR) is 270 cm³/mol. The molecule has 2 aromatic carbocycles. The molecule has 6 amide bonds. The van der Waals surface area contributed by atoms with Gasteiger partial charge in [-0.25, -0.2) is 9.79 Å². The summed E-state index contributed by atoms with van der Waals surface area (Å²) in [6, 6.07) is 9.40. The number of guanidine groups is 1. The van der Waals surface area contributed by atoms with Crippen molar-refractivity contribution >= 4 is 58.9 Å². The number of likely N-dealkylation sites (N-methyl/N-ethyl adjacent to an activating group) is 1. The maximum Gasteiger partial charge on any atom is 0.411 e. The Kier molecular flexibility index (Phi) is 19.7. The highest BCUT2D eigenvalue weighted by Gasteiger charge is 2.40. The van der Waals surface area contributed by atoms with Crippen molar-refractivity contribution in [3.63, 3.8) is 0 Å². The van der Waals surface area contributed by atoms with Crippen molar-refractivity contribution in [2.24, 2.45) is 16.6 Å². The number of rotatable bonds is 19. The number of imide groups is 1. The van der Waals surface area contributed by atoms with Crippen LogP contribution in [0, 0.1) is 17.8 Å². The number of carbonyl (C=O) groups excluding carboxylic acids is 6. The number of nitrogens with zero attached hydrogens (tertiary/aromatic N) is 4. The first-order chi connectivity index (χ1) is 34.1. The normalized spacial score (nSPS) is 20.4. The largest absolute Gasteiger partial charge is 0.495 e. The molecule has 6 rings (SSSR count). The molecule has 4 aliphatic rings. The number of fused-ring (bicyclic) bond motifs is 1. The number of piperidine rings is 1. The molecule has 2 aromatic rings. The molecule has 2 aliphatic heterocycles. The molecular weight excluding hydrogens is 930 g/mol. The Bertz CT molecular complexity index is 2390. The highest BCUT2D eigenvalue weighted by Crippen LogP contribution is 2.31. The molecule has 3 fully saturated rings. The van der Waals surface area contributed by atoms with Gasteiger partial charge in [0.05, 0.1) is 38.3 Å². The van der Waals surface area contributed by atoms with Gasteiger partial charge in [0.25, 0.3) is 11.8 Å². The Morgan fingerprint density at radius 1 is 1.03 bits per heavy atom. The lowest BCUT2D eigenvalue weighted by Crippen LogP contribution is -2.52. The van der Waals surface area contributed by atoms with Crippen molar-refractivity contribution in [3.05, 3.63) is 70.5 Å². The Morgan fingerprint density at radius 3 is 2.46 bits per heavy atom. The van der Waals surface area contributed by atoms with E-state index in [0.717, 1.165) is 18.4 Å². The molecule has 71 heavy (non-hydrogen) atoms. The molecule has 2 saturated carbocycles. The topological polar surface area (TPSA) is 226 Å². The summed E-state index contributed by atoms with van der Waals surface area (Å²) in [4.78, 5) is 86.7. The van der Waals surface area contributed by atoms with Crippen molar-refractivity contribution in [3.8, 4) is 17.6 Å². The second-order valence-electron chi connectivity index (χ2n) is 18.9. The van der Waals surface area contributed by atoms with Gasteiger partial charge in [-0.3, -0.25) is 29.3 Å². The summed E-state index contributed by atoms with van der Waals surface area (Å²) >= 11 is 6.38. The SMILES string of the molecule is CCC(NC1CCCC1)C(=O)N(C)/C(C)=C/N=C(N)Nc1ccc(C(=O)NC2CCC(N(CCOCCC#Cc3cccc4c3CN(C3CCC(=O)NC3=O)C4=O)C(=O)OC(Cl)C(C)C)CC2)cc1OC. The van der Waals surface area contributed by atoms with Crippen molar-refractivity contribution in [1.29, 1.82) is 0 Å². The van der Waals surface area contributed by atoms with Crippen molar-refractivity contribution in [2.75, 3.05) is 39.2 Å². The van der Waals surface area contributed by atoms with Crippen molar-refractivity contribution in [1.82, 2.24) is 30.7 Å². The van der Waals surface area contributed by atoms with Crippen LogP contribution < -0.4 is 31.7 Å². The molecule has 384 valence electrons. The smallest absolute Gasteiger partial charge is 0.411 e. The van der Waals surface area contributed by atoms with Crippen LogP contribution in [0.3, 0.4) is 0 Å². The second-order valence-corrected chi connectivity index (χ2v) is 19.3. The fourth-order valence-electron chi connectivity index (χ4n) is 9.28. The minimum Gasteiger partial charge on any atom is -0.495 e. The molecule has 19 heteroatoms. The number of carbonyl (C=O) groups is 6. The van der Waals surface area contributed by atoms with Gasteiger partial charge in [-0.2, -0.15) is 0 Å². The number of methoxy groups -OCH3 is 1. The third-order valence-electron chi connectivity index (χ3n) is 13.6. The van der Waals surface area contributed by atoms with Crippen molar-refractivity contribution < 1.29 is 43.0 Å². The molecule has 3 atom stereocenters. The number of hydrogen-bond acceptors (Lipinski definition) is 11. The van der Waals surface area contributed by atoms with Crippen LogP contribution in [0.5, 0.6) is 5.75 Å². The number of nitrogens with one attached hydrogen (secondary N) is 4. The molecule has 0 radical (unpaired) electrons. The number of allylic oxidation sites excluding steroid dienone is 1. The number of aliphatic imine (C=N–C) groups is 1. The van der Waals surface area contributed by atoms with E-state index < -0.39 is 23.6 Å². The standard InChI is InChI=1S/C52H70ClN9O9/c1-7-41(56-36-15-8-9-16-36)50(67)60(5)33(4)30-55-51(54)58-42-23-18-35(29-44(42)69-6)47(64)57-37-19-21-38(22-20-37)61(52(68)71-46(53)32(2)3)26-28-70-27-11-10-13-34-14-12-17-39-40(34)31-62(49(39)66)43-24-25-45(63)59-48(43)65/h12,14,17-18,23,29-30,32,36-38,41,43,46,56H,7-9,11,15-16,19-22,24-28,31H2,1-6H3,(H,57,64)(H3,54,55,58)(H,59,63,65)/b33-30+. The summed E-state index contributed by atoms with van der Waals surface area (Å²) in [5.74, 6) is 5.29. The zero-order chi connectivity index (χ0) is 51.2. The van der Waals surface area contributed by atoms with Gasteiger partial charge in [-0.05, 0) is 94.2 Å². The molecule has 2 heterocycles. The van der Waals surface area contributed by atoms with Gasteiger partial charge in [0, 0.05) is 79.4 Å². The van der Waals surface area contributed by atoms with E-state index >= 15 is 0 Å². The first kappa shape index (κ1) is 54.2. The lowest BCUT2D eigenvalue weighted by atomic mass is 9.90. The minimum absolute atomic E-state index is 0.0241. The highest BCUT2D eigenvalue weighted by atomic mass is 35.5. The minimum atomic E-state index is -0.808. The van der Waals surface area contributed by atoms with Gasteiger partial charge in [-0.15, -0.1) is 0 Å². The second kappa shape index (κ2) is 25.8. The van der Waals surface area contributed by atoms with Gasteiger partial charge in [0.1, 0.15) is 11.8 Å². The third-order valence-corrected chi connectivity index (χ3v) is 14.2. The number of alkyl halides is 1. The Labute approximate surface area is 422 Å². The number of benzene rings is 2. The van der Waals surface area contributed by atoms with Crippen LogP contribution in [-0.2, 0) is 30.4 Å². The lowest BCUT2D eigenvalue weighted by Gasteiger charge is -2.37. The van der Waals surface area contributed by atoms with E-state index in [0.29, 0.717) is 85.0 Å². The van der Waals surface area contributed by atoms with Crippen LogP contribution in [0.2, 0.25) is 0 Å². The maximum absolute atomic E-state index is 13.5. The molecule has 3 unspecified atom stereocenters. The summed E-state index contributed by atoms with van der Waals surface area (Å²) in [7, 11) is 3.23. The molecule has 0 spiro atoms. The average Bonchev–Trinajstić information content (AvgIpc) is 4.00. The van der Waals surface area contributed by atoms with E-state index in [2.05, 4.69) is 38.1 Å². The summed E-state index contributed by atoms with van der Waals surface area (Å²) in [6.45, 7) is 8.57. The van der Waals surface area contributed by atoms with Crippen LogP contribution >= 0.6 is 11.6 Å². The summed E-state index contributed by atoms with van der Waals surface area (Å²) < 4.78 is 17.2. The van der Waals surface area contributed by atoms with E-state index in [9.17, 15) is 28.8 Å². The van der Waals surface area contributed by atoms with Gasteiger partial charge in [0.15, 0.2) is 11.5 Å². The number of ether oxygens (including phenoxy) is 3. The first-order valence-corrected chi connectivity index (χ1v) is 25.3. The molecule has 0 bridgehead atoms. The van der Waals surface area contributed by atoms with Crippen molar-refractivity contribution in [2.45, 2.75) is 147 Å². The van der Waals surface area contributed by atoms with E-state index in [1.807, 2.05) is 26.8 Å². The zero-order valence-corrected chi connectivity index (χ0v) is 42.6. The van der Waals surface area contributed by atoms with E-state index in [1.165, 1.54) is 31.1 Å². The Morgan fingerprint density at radius 2 is 1.77 bits per heavy atom. The van der Waals surface area contributed by atoms with Crippen LogP contribution in [0.4, 0.5) is 10.5 Å². The maximum atomic E-state index is 13.5. The quantitative estimate of drug-likeness (QED) is 0.0274. The fourth-order valence-corrected chi connectivity index (χ4v) is 9.35. The van der Waals surface area contributed by atoms with Gasteiger partial charge >= 0.3 is 6.09 Å². The predicted octanol–water partition coefficient (Wildman–Crippen LogP) is 5.97. The zero-order valence-electron chi connectivity index (χ0n) is 41.8. The van der Waals surface area contributed by atoms with Crippen LogP contribution in [0.15, 0.2) is 53.3 Å². The average molecular weight is 1000 g/mol. The Hall–Kier alpha value is -6.16. The molecule has 0 aromatic heterocycles. The molecular formula is C52H70ClN9O9. The highest BCUT2D eigenvalue weighted by molar-refractivity contribution is 6.20. The van der Waals surface area contributed by atoms with Gasteiger partial charge < -0.3 is 50.6 Å².